The van der Waals surface area contributed by atoms with Gasteiger partial charge >= 0.3 is 6.03 Å². The third-order valence-corrected chi connectivity index (χ3v) is 7.59. The Hall–Kier alpha value is -3.46. The van der Waals surface area contributed by atoms with Crippen molar-refractivity contribution in [1.82, 2.24) is 14.5 Å². The molecule has 4 heterocycles. The molecule has 2 fully saturated rings. The molecule has 2 aliphatic heterocycles. The number of halogens is 2. The number of ether oxygens (including phenoxy) is 1. The molecule has 1 aromatic carbocycles. The predicted molar refractivity (Wildman–Crippen MR) is 146 cm³/mol. The normalized spacial score (nSPS) is 18.2. The van der Waals surface area contributed by atoms with Crippen molar-refractivity contribution in [2.75, 3.05) is 49.6 Å². The molecule has 1 unspecified atom stereocenters. The lowest BCUT2D eigenvalue weighted by molar-refractivity contribution is 0.122. The molecule has 7 nitrogen and oxygen atoms in total. The van der Waals surface area contributed by atoms with Gasteiger partial charge < -0.3 is 24.4 Å². The van der Waals surface area contributed by atoms with Gasteiger partial charge in [-0.3, -0.25) is 0 Å². The van der Waals surface area contributed by atoms with Crippen LogP contribution in [0, 0.1) is 18.7 Å². The van der Waals surface area contributed by atoms with Crippen molar-refractivity contribution in [3.05, 3.63) is 54.1 Å². The van der Waals surface area contributed by atoms with E-state index in [1.54, 1.807) is 11.0 Å². The number of aromatic nitrogens is 2. The maximum absolute atomic E-state index is 15.0. The van der Waals surface area contributed by atoms with E-state index in [1.807, 2.05) is 49.1 Å². The number of pyridine rings is 1. The standard InChI is InChI=1S/C29H35F2N5O2/c1-19-13-24(30)26(33-28(37)36-8-6-22(18-36)29(2,3)31)16-23(19)21-14-25(20-5-7-34(4)17-20)32-27(15-21)35-9-11-38-12-10-35/h5,7,13-17,22H,6,8-12,18H2,1-4H3,(H,33,37). The summed E-state index contributed by atoms with van der Waals surface area (Å²) in [6.45, 7) is 8.42. The van der Waals surface area contributed by atoms with Crippen molar-refractivity contribution in [2.24, 2.45) is 13.0 Å². The largest absolute Gasteiger partial charge is 0.378 e. The molecule has 0 bridgehead atoms. The van der Waals surface area contributed by atoms with Gasteiger partial charge in [-0.25, -0.2) is 18.6 Å². The van der Waals surface area contributed by atoms with Crippen molar-refractivity contribution in [1.29, 1.82) is 0 Å². The zero-order chi connectivity index (χ0) is 27.0. The monoisotopic (exact) mass is 523 g/mol. The van der Waals surface area contributed by atoms with Crippen molar-refractivity contribution in [3.8, 4) is 22.4 Å². The second-order valence-corrected chi connectivity index (χ2v) is 10.8. The van der Waals surface area contributed by atoms with Crippen molar-refractivity contribution >= 4 is 17.5 Å². The maximum atomic E-state index is 15.0. The molecule has 2 amide bonds. The number of urea groups is 1. The number of rotatable bonds is 5. The predicted octanol–water partition coefficient (Wildman–Crippen LogP) is 5.64. The van der Waals surface area contributed by atoms with E-state index in [4.69, 9.17) is 9.72 Å². The number of morpholine rings is 1. The lowest BCUT2D eigenvalue weighted by atomic mass is 9.92. The van der Waals surface area contributed by atoms with Crippen LogP contribution in [0.1, 0.15) is 25.8 Å². The van der Waals surface area contributed by atoms with Gasteiger partial charge in [-0.15, -0.1) is 0 Å². The van der Waals surface area contributed by atoms with E-state index < -0.39 is 17.5 Å². The zero-order valence-electron chi connectivity index (χ0n) is 22.4. The summed E-state index contributed by atoms with van der Waals surface area (Å²) in [7, 11) is 1.96. The molecule has 2 aliphatic rings. The number of alkyl halides is 1. The van der Waals surface area contributed by atoms with E-state index in [0.29, 0.717) is 32.7 Å². The molecule has 3 aromatic rings. The van der Waals surface area contributed by atoms with Crippen LogP contribution in [0.5, 0.6) is 0 Å². The molecule has 0 saturated carbocycles. The Kier molecular flexibility index (Phi) is 7.13. The van der Waals surface area contributed by atoms with Gasteiger partial charge in [0.1, 0.15) is 17.3 Å². The number of hydrogen-bond acceptors (Lipinski definition) is 4. The first-order valence-electron chi connectivity index (χ1n) is 13.1. The maximum Gasteiger partial charge on any atom is 0.321 e. The number of carbonyl (C=O) groups is 1. The first-order valence-corrected chi connectivity index (χ1v) is 13.1. The molecule has 0 radical (unpaired) electrons. The Balaban J connectivity index is 1.48. The number of likely N-dealkylation sites (tertiary alicyclic amines) is 1. The second kappa shape index (κ2) is 10.4. The van der Waals surface area contributed by atoms with Crippen LogP contribution < -0.4 is 10.2 Å². The van der Waals surface area contributed by atoms with Gasteiger partial charge in [-0.2, -0.15) is 0 Å². The van der Waals surface area contributed by atoms with E-state index >= 15 is 4.39 Å². The molecule has 1 atom stereocenters. The summed E-state index contributed by atoms with van der Waals surface area (Å²) in [6.07, 6.45) is 4.57. The zero-order valence-corrected chi connectivity index (χ0v) is 22.4. The number of carbonyl (C=O) groups excluding carboxylic acids is 1. The van der Waals surface area contributed by atoms with Crippen LogP contribution in [0.4, 0.5) is 25.1 Å². The number of benzene rings is 1. The topological polar surface area (TPSA) is 62.6 Å². The fourth-order valence-corrected chi connectivity index (χ4v) is 5.21. The van der Waals surface area contributed by atoms with E-state index in [0.717, 1.165) is 46.9 Å². The molecule has 2 saturated heterocycles. The summed E-state index contributed by atoms with van der Waals surface area (Å²) in [5, 5.41) is 2.73. The third kappa shape index (κ3) is 5.53. The SMILES string of the molecule is Cc1cc(F)c(NC(=O)N2CCC(C(C)(C)F)C2)cc1-c1cc(-c2ccn(C)c2)nc(N2CCOCC2)c1. The molecule has 202 valence electrons. The smallest absolute Gasteiger partial charge is 0.321 e. The van der Waals surface area contributed by atoms with Crippen LogP contribution >= 0.6 is 0 Å². The quantitative estimate of drug-likeness (QED) is 0.470. The molecule has 0 aliphatic carbocycles. The first-order chi connectivity index (χ1) is 18.1. The Labute approximate surface area is 222 Å². The average Bonchev–Trinajstić information content (AvgIpc) is 3.56. The lowest BCUT2D eigenvalue weighted by Crippen LogP contribution is -2.36. The Morgan fingerprint density at radius 1 is 1.13 bits per heavy atom. The lowest BCUT2D eigenvalue weighted by Gasteiger charge is -2.28. The van der Waals surface area contributed by atoms with E-state index in [1.165, 1.54) is 19.9 Å². The van der Waals surface area contributed by atoms with Crippen LogP contribution in [0.2, 0.25) is 0 Å². The summed E-state index contributed by atoms with van der Waals surface area (Å²) < 4.78 is 36.9. The molecule has 5 rings (SSSR count). The molecular weight excluding hydrogens is 488 g/mol. The highest BCUT2D eigenvalue weighted by Crippen LogP contribution is 2.35. The Morgan fingerprint density at radius 3 is 2.55 bits per heavy atom. The fourth-order valence-electron chi connectivity index (χ4n) is 5.21. The molecule has 0 spiro atoms. The minimum absolute atomic E-state index is 0.101. The summed E-state index contributed by atoms with van der Waals surface area (Å²) in [5.41, 5.74) is 2.97. The third-order valence-electron chi connectivity index (χ3n) is 7.59. The number of hydrogen-bond donors (Lipinski definition) is 1. The van der Waals surface area contributed by atoms with E-state index in [-0.39, 0.29) is 11.6 Å². The van der Waals surface area contributed by atoms with Crippen molar-refractivity contribution in [3.63, 3.8) is 0 Å². The average molecular weight is 524 g/mol. The summed E-state index contributed by atoms with van der Waals surface area (Å²) in [6, 6.07) is 8.74. The van der Waals surface area contributed by atoms with Crippen LogP contribution in [-0.4, -0.2) is 65.5 Å². The minimum atomic E-state index is -1.37. The summed E-state index contributed by atoms with van der Waals surface area (Å²) >= 11 is 0. The summed E-state index contributed by atoms with van der Waals surface area (Å²) in [4.78, 5) is 21.7. The van der Waals surface area contributed by atoms with E-state index in [2.05, 4.69) is 10.2 Å². The number of amides is 2. The van der Waals surface area contributed by atoms with Gasteiger partial charge in [0.25, 0.3) is 0 Å². The van der Waals surface area contributed by atoms with Crippen LogP contribution in [0.25, 0.3) is 22.4 Å². The molecule has 2 aromatic heterocycles. The van der Waals surface area contributed by atoms with Gasteiger partial charge in [0.2, 0.25) is 0 Å². The Morgan fingerprint density at radius 2 is 1.89 bits per heavy atom. The number of aryl methyl sites for hydroxylation is 2. The highest BCUT2D eigenvalue weighted by molar-refractivity contribution is 5.91. The molecular formula is C29H35F2N5O2. The van der Waals surface area contributed by atoms with Gasteiger partial charge in [-0.1, -0.05) is 0 Å². The molecule has 1 N–H and O–H groups in total. The van der Waals surface area contributed by atoms with Gasteiger partial charge in [0.05, 0.1) is 24.6 Å². The number of nitrogens with zero attached hydrogens (tertiary/aromatic N) is 4. The van der Waals surface area contributed by atoms with E-state index in [9.17, 15) is 9.18 Å². The summed E-state index contributed by atoms with van der Waals surface area (Å²) in [5.74, 6) is 0.0846. The van der Waals surface area contributed by atoms with Crippen molar-refractivity contribution < 1.29 is 18.3 Å². The van der Waals surface area contributed by atoms with Crippen LogP contribution in [-0.2, 0) is 11.8 Å². The molecule has 9 heteroatoms. The van der Waals surface area contributed by atoms with Crippen molar-refractivity contribution in [2.45, 2.75) is 32.9 Å². The molecule has 38 heavy (non-hydrogen) atoms. The van der Waals surface area contributed by atoms with Crippen LogP contribution in [0.3, 0.4) is 0 Å². The fraction of sp³-hybridized carbons (Fsp3) is 0.448. The Bertz CT molecular complexity index is 1330. The number of anilines is 2. The van der Waals surface area contributed by atoms with Crippen LogP contribution in [0.15, 0.2) is 42.7 Å². The first kappa shape index (κ1) is 26.2. The van der Waals surface area contributed by atoms with Gasteiger partial charge in [0.15, 0.2) is 0 Å². The number of nitrogens with one attached hydrogen (secondary N) is 1. The van der Waals surface area contributed by atoms with Gasteiger partial charge in [-0.05, 0) is 74.2 Å². The van der Waals surface area contributed by atoms with Gasteiger partial charge in [0, 0.05) is 57.1 Å². The minimum Gasteiger partial charge on any atom is -0.378 e. The highest BCUT2D eigenvalue weighted by Gasteiger charge is 2.37. The second-order valence-electron chi connectivity index (χ2n) is 10.8. The highest BCUT2D eigenvalue weighted by atomic mass is 19.1.